The minimum Gasteiger partial charge on any atom is -0.460 e. The van der Waals surface area contributed by atoms with E-state index in [0.29, 0.717) is 28.7 Å². The molecule has 2 aromatic rings. The van der Waals surface area contributed by atoms with Gasteiger partial charge in [-0.25, -0.2) is 0 Å². The van der Waals surface area contributed by atoms with Crippen LogP contribution in [0.25, 0.3) is 11.0 Å². The molecule has 0 saturated heterocycles. The van der Waals surface area contributed by atoms with E-state index in [0.717, 1.165) is 0 Å². The van der Waals surface area contributed by atoms with Gasteiger partial charge in [-0.2, -0.15) is 13.2 Å². The first kappa shape index (κ1) is 13.6. The summed E-state index contributed by atoms with van der Waals surface area (Å²) in [6, 6.07) is 6.89. The summed E-state index contributed by atoms with van der Waals surface area (Å²) in [4.78, 5) is 12.0. The first-order valence-corrected chi connectivity index (χ1v) is 6.02. The molecule has 0 N–H and O–H groups in total. The van der Waals surface area contributed by atoms with Gasteiger partial charge in [-0.1, -0.05) is 25.1 Å². The number of alkyl halides is 3. The van der Waals surface area contributed by atoms with Crippen molar-refractivity contribution in [3.05, 3.63) is 35.6 Å². The molecule has 1 aromatic heterocycles. The van der Waals surface area contributed by atoms with E-state index >= 15 is 0 Å². The zero-order valence-electron chi connectivity index (χ0n) is 10.4. The number of aryl methyl sites for hydroxylation is 1. The molecule has 2 rings (SSSR count). The first-order valence-electron chi connectivity index (χ1n) is 6.02. The third kappa shape index (κ3) is 2.97. The zero-order valence-corrected chi connectivity index (χ0v) is 10.4. The van der Waals surface area contributed by atoms with Crippen LogP contribution in [0.2, 0.25) is 0 Å². The maximum atomic E-state index is 12.2. The summed E-state index contributed by atoms with van der Waals surface area (Å²) in [5.41, 5.74) is 0.831. The van der Waals surface area contributed by atoms with Crippen molar-refractivity contribution >= 4 is 16.8 Å². The van der Waals surface area contributed by atoms with E-state index in [2.05, 4.69) is 0 Å². The number of Topliss-reactive ketones (excluding diaryl/α,β-unsaturated/α-hetero) is 1. The lowest BCUT2D eigenvalue weighted by atomic mass is 10.0. The average Bonchev–Trinajstić information content (AvgIpc) is 2.73. The maximum Gasteiger partial charge on any atom is 0.389 e. The molecule has 0 aliphatic heterocycles. The highest BCUT2D eigenvalue weighted by atomic mass is 19.4. The monoisotopic (exact) mass is 270 g/mol. The lowest BCUT2D eigenvalue weighted by Gasteiger charge is -2.05. The van der Waals surface area contributed by atoms with Crippen LogP contribution in [0, 0.1) is 0 Å². The molecular formula is C14H13F3O2. The second-order valence-electron chi connectivity index (χ2n) is 4.29. The van der Waals surface area contributed by atoms with Crippen molar-refractivity contribution in [1.82, 2.24) is 0 Å². The fourth-order valence-electron chi connectivity index (χ4n) is 2.03. The van der Waals surface area contributed by atoms with E-state index in [1.54, 1.807) is 31.2 Å². The minimum atomic E-state index is -4.32. The summed E-state index contributed by atoms with van der Waals surface area (Å²) in [6.45, 7) is 1.80. The van der Waals surface area contributed by atoms with Crippen molar-refractivity contribution in [2.75, 3.05) is 0 Å². The Morgan fingerprint density at radius 1 is 1.26 bits per heavy atom. The van der Waals surface area contributed by atoms with Crippen LogP contribution in [-0.4, -0.2) is 12.0 Å². The summed E-state index contributed by atoms with van der Waals surface area (Å²) < 4.78 is 42.0. The third-order valence-corrected chi connectivity index (χ3v) is 2.90. The van der Waals surface area contributed by atoms with Gasteiger partial charge in [0.05, 0.1) is 12.0 Å². The Bertz CT molecular complexity index is 596. The standard InChI is InChI=1S/C14H13F3O2/c1-2-11-13(10(18)7-8-14(15,16)17)9-5-3-4-6-12(9)19-11/h3-6H,2,7-8H2,1H3. The lowest BCUT2D eigenvalue weighted by molar-refractivity contribution is -0.133. The molecule has 0 fully saturated rings. The van der Waals surface area contributed by atoms with Crippen molar-refractivity contribution in [1.29, 1.82) is 0 Å². The van der Waals surface area contributed by atoms with E-state index in [1.807, 2.05) is 0 Å². The Morgan fingerprint density at radius 2 is 1.95 bits per heavy atom. The van der Waals surface area contributed by atoms with Gasteiger partial charge >= 0.3 is 6.18 Å². The summed E-state index contributed by atoms with van der Waals surface area (Å²) >= 11 is 0. The number of fused-ring (bicyclic) bond motifs is 1. The molecule has 5 heteroatoms. The van der Waals surface area contributed by atoms with Crippen LogP contribution in [-0.2, 0) is 6.42 Å². The van der Waals surface area contributed by atoms with E-state index in [9.17, 15) is 18.0 Å². The second kappa shape index (κ2) is 5.07. The maximum absolute atomic E-state index is 12.2. The largest absolute Gasteiger partial charge is 0.460 e. The number of carbonyl (C=O) groups is 1. The molecule has 0 atom stereocenters. The number of rotatable bonds is 4. The van der Waals surface area contributed by atoms with Gasteiger partial charge in [0.25, 0.3) is 0 Å². The smallest absolute Gasteiger partial charge is 0.389 e. The number of ketones is 1. The van der Waals surface area contributed by atoms with Crippen LogP contribution >= 0.6 is 0 Å². The first-order chi connectivity index (χ1) is 8.92. The highest BCUT2D eigenvalue weighted by Crippen LogP contribution is 2.29. The van der Waals surface area contributed by atoms with E-state index < -0.39 is 24.8 Å². The zero-order chi connectivity index (χ0) is 14.0. The molecule has 0 aliphatic rings. The normalized spacial score (nSPS) is 12.0. The van der Waals surface area contributed by atoms with Gasteiger partial charge in [0.1, 0.15) is 11.3 Å². The van der Waals surface area contributed by atoms with Crippen LogP contribution in [0.3, 0.4) is 0 Å². The van der Waals surface area contributed by atoms with Gasteiger partial charge in [-0.15, -0.1) is 0 Å². The molecule has 0 radical (unpaired) electrons. The molecule has 0 saturated carbocycles. The van der Waals surface area contributed by atoms with Gasteiger partial charge in [0.15, 0.2) is 5.78 Å². The highest BCUT2D eigenvalue weighted by Gasteiger charge is 2.29. The SMILES string of the molecule is CCc1oc2ccccc2c1C(=O)CCC(F)(F)F. The Kier molecular flexibility index (Phi) is 3.64. The van der Waals surface area contributed by atoms with Crippen molar-refractivity contribution in [2.45, 2.75) is 32.4 Å². The number of para-hydroxylation sites is 1. The second-order valence-corrected chi connectivity index (χ2v) is 4.29. The minimum absolute atomic E-state index is 0.294. The third-order valence-electron chi connectivity index (χ3n) is 2.90. The van der Waals surface area contributed by atoms with Crippen LogP contribution in [0.1, 0.15) is 35.9 Å². The molecule has 1 heterocycles. The van der Waals surface area contributed by atoms with E-state index in [4.69, 9.17) is 4.42 Å². The number of carbonyl (C=O) groups excluding carboxylic acids is 1. The number of benzene rings is 1. The topological polar surface area (TPSA) is 30.2 Å². The van der Waals surface area contributed by atoms with Gasteiger partial charge in [0.2, 0.25) is 0 Å². The molecule has 102 valence electrons. The molecule has 1 aromatic carbocycles. The fourth-order valence-corrected chi connectivity index (χ4v) is 2.03. The Hall–Kier alpha value is -1.78. The van der Waals surface area contributed by atoms with Crippen LogP contribution in [0.5, 0.6) is 0 Å². The number of hydrogen-bond donors (Lipinski definition) is 0. The number of halogens is 3. The van der Waals surface area contributed by atoms with Crippen molar-refractivity contribution in [3.8, 4) is 0 Å². The van der Waals surface area contributed by atoms with Gasteiger partial charge < -0.3 is 4.42 Å². The molecule has 2 nitrogen and oxygen atoms in total. The molecule has 0 aliphatic carbocycles. The predicted octanol–water partition coefficient (Wildman–Crippen LogP) is 4.52. The predicted molar refractivity (Wildman–Crippen MR) is 65.2 cm³/mol. The molecule has 0 spiro atoms. The molecular weight excluding hydrogens is 257 g/mol. The van der Waals surface area contributed by atoms with Crippen molar-refractivity contribution < 1.29 is 22.4 Å². The highest BCUT2D eigenvalue weighted by molar-refractivity contribution is 6.08. The van der Waals surface area contributed by atoms with Crippen LogP contribution in [0.15, 0.2) is 28.7 Å². The Labute approximate surface area is 108 Å². The molecule has 0 bridgehead atoms. The summed E-state index contributed by atoms with van der Waals surface area (Å²) in [7, 11) is 0. The summed E-state index contributed by atoms with van der Waals surface area (Å²) in [5.74, 6) is -0.0625. The van der Waals surface area contributed by atoms with Gasteiger partial charge in [-0.05, 0) is 6.07 Å². The Balaban J connectivity index is 2.35. The van der Waals surface area contributed by atoms with Crippen molar-refractivity contribution in [2.24, 2.45) is 0 Å². The van der Waals surface area contributed by atoms with Crippen LogP contribution in [0.4, 0.5) is 13.2 Å². The number of hydrogen-bond acceptors (Lipinski definition) is 2. The average molecular weight is 270 g/mol. The van der Waals surface area contributed by atoms with Gasteiger partial charge in [-0.3, -0.25) is 4.79 Å². The quantitative estimate of drug-likeness (QED) is 0.764. The van der Waals surface area contributed by atoms with E-state index in [-0.39, 0.29) is 0 Å². The summed E-state index contributed by atoms with van der Waals surface area (Å²) in [6.07, 6.45) is -5.49. The molecule has 0 unspecified atom stereocenters. The molecule has 19 heavy (non-hydrogen) atoms. The molecule has 0 amide bonds. The fraction of sp³-hybridized carbons (Fsp3) is 0.357. The van der Waals surface area contributed by atoms with Gasteiger partial charge in [0, 0.05) is 18.2 Å². The van der Waals surface area contributed by atoms with Crippen LogP contribution < -0.4 is 0 Å². The lowest BCUT2D eigenvalue weighted by Crippen LogP contribution is -2.11. The van der Waals surface area contributed by atoms with E-state index in [1.165, 1.54) is 0 Å². The van der Waals surface area contributed by atoms with Crippen molar-refractivity contribution in [3.63, 3.8) is 0 Å². The number of furan rings is 1. The Morgan fingerprint density at radius 3 is 2.58 bits per heavy atom. The summed E-state index contributed by atoms with van der Waals surface area (Å²) in [5, 5.41) is 0.589.